The summed E-state index contributed by atoms with van der Waals surface area (Å²) in [5.41, 5.74) is 2.76. The summed E-state index contributed by atoms with van der Waals surface area (Å²) < 4.78 is 53.5. The van der Waals surface area contributed by atoms with Gasteiger partial charge in [0, 0.05) is 17.1 Å². The smallest absolute Gasteiger partial charge is 0.232 e. The zero-order valence-electron chi connectivity index (χ0n) is 20.7. The summed E-state index contributed by atoms with van der Waals surface area (Å²) in [5, 5.41) is 4.33. The minimum atomic E-state index is -3.51. The summed E-state index contributed by atoms with van der Waals surface area (Å²) in [5.74, 6) is 0.808. The van der Waals surface area contributed by atoms with Gasteiger partial charge in [-0.2, -0.15) is 0 Å². The number of piperidine rings is 1. The van der Waals surface area contributed by atoms with Crippen molar-refractivity contribution in [1.29, 1.82) is 0 Å². The van der Waals surface area contributed by atoms with Crippen LogP contribution in [0.4, 0.5) is 10.1 Å². The number of nitrogens with one attached hydrogen (secondary N) is 1. The minimum Gasteiger partial charge on any atom is -0.493 e. The van der Waals surface area contributed by atoms with Crippen LogP contribution >= 0.6 is 0 Å². The molecule has 1 atom stereocenters. The summed E-state index contributed by atoms with van der Waals surface area (Å²) in [6.07, 6.45) is 3.62. The van der Waals surface area contributed by atoms with Crippen LogP contribution in [-0.4, -0.2) is 52.5 Å². The van der Waals surface area contributed by atoms with Gasteiger partial charge in [0.2, 0.25) is 10.0 Å². The van der Waals surface area contributed by atoms with Gasteiger partial charge >= 0.3 is 0 Å². The Morgan fingerprint density at radius 1 is 1.22 bits per heavy atom. The number of pyridine rings is 1. The van der Waals surface area contributed by atoms with Crippen LogP contribution in [0.1, 0.15) is 36.4 Å². The third kappa shape index (κ3) is 5.13. The molecule has 0 spiro atoms. The standard InChI is InChI=1S/C27H32FN3O4S/c1-18-6-7-21-24(30-18)4-3-5-26(21)34-14-10-20(19-8-11-29-12-9-19)22-16-25-27(17-23(22)28)35-15-13-31(25)36(2,32)33/h3-7,16-17,19-20,29H,8-15H2,1-2H3. The normalized spacial score (nSPS) is 17.5. The number of sulfonamides is 1. The molecule has 3 aromatic rings. The van der Waals surface area contributed by atoms with E-state index in [0.29, 0.717) is 24.3 Å². The molecule has 1 saturated heterocycles. The van der Waals surface area contributed by atoms with Crippen molar-refractivity contribution in [2.24, 2.45) is 5.92 Å². The lowest BCUT2D eigenvalue weighted by molar-refractivity contribution is 0.246. The van der Waals surface area contributed by atoms with Gasteiger partial charge < -0.3 is 14.8 Å². The molecule has 1 fully saturated rings. The van der Waals surface area contributed by atoms with Crippen LogP contribution in [0.2, 0.25) is 0 Å². The second-order valence-corrected chi connectivity index (χ2v) is 11.5. The molecule has 5 rings (SSSR count). The van der Waals surface area contributed by atoms with E-state index < -0.39 is 10.0 Å². The van der Waals surface area contributed by atoms with E-state index in [1.54, 1.807) is 6.07 Å². The van der Waals surface area contributed by atoms with E-state index >= 15 is 4.39 Å². The van der Waals surface area contributed by atoms with Gasteiger partial charge in [0.25, 0.3) is 0 Å². The quantitative estimate of drug-likeness (QED) is 0.505. The highest BCUT2D eigenvalue weighted by Gasteiger charge is 2.32. The summed E-state index contributed by atoms with van der Waals surface area (Å²) in [6.45, 7) is 4.53. The van der Waals surface area contributed by atoms with Gasteiger partial charge in [-0.15, -0.1) is 0 Å². The average Bonchev–Trinajstić information content (AvgIpc) is 2.86. The van der Waals surface area contributed by atoms with Crippen LogP contribution in [0.3, 0.4) is 0 Å². The van der Waals surface area contributed by atoms with Gasteiger partial charge in [-0.25, -0.2) is 12.8 Å². The highest BCUT2D eigenvalue weighted by atomic mass is 32.2. The average molecular weight is 514 g/mol. The first-order valence-electron chi connectivity index (χ1n) is 12.4. The Hall–Kier alpha value is -2.91. The summed E-state index contributed by atoms with van der Waals surface area (Å²) >= 11 is 0. The summed E-state index contributed by atoms with van der Waals surface area (Å²) in [4.78, 5) is 4.58. The predicted octanol–water partition coefficient (Wildman–Crippen LogP) is 4.39. The fourth-order valence-electron chi connectivity index (χ4n) is 5.40. The van der Waals surface area contributed by atoms with Crippen molar-refractivity contribution in [3.63, 3.8) is 0 Å². The summed E-state index contributed by atoms with van der Waals surface area (Å²) in [7, 11) is -3.51. The van der Waals surface area contributed by atoms with Crippen molar-refractivity contribution in [3.05, 3.63) is 59.5 Å². The second-order valence-electron chi connectivity index (χ2n) is 9.63. The van der Waals surface area contributed by atoms with Crippen molar-refractivity contribution in [3.8, 4) is 11.5 Å². The second kappa shape index (κ2) is 10.2. The van der Waals surface area contributed by atoms with Gasteiger partial charge in [-0.3, -0.25) is 9.29 Å². The molecule has 2 aromatic carbocycles. The lowest BCUT2D eigenvalue weighted by atomic mass is 9.78. The fourth-order valence-corrected chi connectivity index (χ4v) is 6.31. The molecule has 192 valence electrons. The number of hydrogen-bond acceptors (Lipinski definition) is 6. The number of aromatic nitrogens is 1. The van der Waals surface area contributed by atoms with Gasteiger partial charge in [0.05, 0.1) is 30.6 Å². The van der Waals surface area contributed by atoms with Crippen molar-refractivity contribution >= 4 is 26.6 Å². The first-order chi connectivity index (χ1) is 17.3. The van der Waals surface area contributed by atoms with E-state index in [-0.39, 0.29) is 36.6 Å². The molecule has 3 heterocycles. The number of ether oxygens (including phenoxy) is 2. The van der Waals surface area contributed by atoms with Gasteiger partial charge in [-0.05, 0) is 87.0 Å². The molecule has 0 bridgehead atoms. The van der Waals surface area contributed by atoms with Gasteiger partial charge in [0.1, 0.15) is 23.9 Å². The number of halogens is 1. The van der Waals surface area contributed by atoms with Crippen molar-refractivity contribution in [1.82, 2.24) is 10.3 Å². The van der Waals surface area contributed by atoms with Crippen molar-refractivity contribution in [2.45, 2.75) is 32.1 Å². The number of nitrogens with zero attached hydrogens (tertiary/aromatic N) is 2. The molecule has 36 heavy (non-hydrogen) atoms. The Labute approximate surface area is 211 Å². The maximum Gasteiger partial charge on any atom is 0.232 e. The molecule has 0 saturated carbocycles. The topological polar surface area (TPSA) is 80.8 Å². The van der Waals surface area contributed by atoms with E-state index in [1.807, 2.05) is 37.3 Å². The predicted molar refractivity (Wildman–Crippen MR) is 139 cm³/mol. The maximum absolute atomic E-state index is 15.5. The van der Waals surface area contributed by atoms with Crippen LogP contribution in [0.15, 0.2) is 42.5 Å². The molecule has 0 aliphatic carbocycles. The van der Waals surface area contributed by atoms with Crippen LogP contribution in [0.25, 0.3) is 10.9 Å². The Kier molecular flexibility index (Phi) is 7.03. The third-order valence-corrected chi connectivity index (χ3v) is 8.35. The molecule has 0 amide bonds. The van der Waals surface area contributed by atoms with E-state index in [0.717, 1.165) is 48.3 Å². The number of rotatable bonds is 7. The first kappa shape index (κ1) is 24.8. The van der Waals surface area contributed by atoms with Crippen LogP contribution < -0.4 is 19.1 Å². The minimum absolute atomic E-state index is 0.115. The molecule has 9 heteroatoms. The molecule has 2 aliphatic rings. The molecule has 2 aliphatic heterocycles. The maximum atomic E-state index is 15.5. The third-order valence-electron chi connectivity index (χ3n) is 7.17. The van der Waals surface area contributed by atoms with E-state index in [1.165, 1.54) is 16.6 Å². The molecule has 1 N–H and O–H groups in total. The van der Waals surface area contributed by atoms with E-state index in [9.17, 15) is 8.42 Å². The zero-order chi connectivity index (χ0) is 25.3. The number of hydrogen-bond donors (Lipinski definition) is 1. The lowest BCUT2D eigenvalue weighted by Crippen LogP contribution is -2.37. The zero-order valence-corrected chi connectivity index (χ0v) is 21.5. The SMILES string of the molecule is Cc1ccc2c(OCCC(c3cc4c(cc3F)OCCN4S(C)(=O)=O)C3CCNCC3)cccc2n1. The Balaban J connectivity index is 1.44. The lowest BCUT2D eigenvalue weighted by Gasteiger charge is -2.34. The monoisotopic (exact) mass is 513 g/mol. The van der Waals surface area contributed by atoms with Gasteiger partial charge in [0.15, 0.2) is 0 Å². The van der Waals surface area contributed by atoms with E-state index in [2.05, 4.69) is 10.3 Å². The van der Waals surface area contributed by atoms with Crippen molar-refractivity contribution < 1.29 is 22.3 Å². The Morgan fingerprint density at radius 3 is 2.81 bits per heavy atom. The highest BCUT2D eigenvalue weighted by molar-refractivity contribution is 7.92. The molecular weight excluding hydrogens is 481 g/mol. The van der Waals surface area contributed by atoms with Crippen LogP contribution in [0.5, 0.6) is 11.5 Å². The highest BCUT2D eigenvalue weighted by Crippen LogP contribution is 2.42. The molecule has 7 nitrogen and oxygen atoms in total. The number of anilines is 1. The fraction of sp³-hybridized carbons (Fsp3) is 0.444. The molecule has 1 aromatic heterocycles. The molecule has 1 unspecified atom stereocenters. The summed E-state index contributed by atoms with van der Waals surface area (Å²) in [6, 6.07) is 12.8. The largest absolute Gasteiger partial charge is 0.493 e. The Bertz CT molecular complexity index is 1360. The number of benzene rings is 2. The number of fused-ring (bicyclic) bond motifs is 2. The Morgan fingerprint density at radius 2 is 2.03 bits per heavy atom. The first-order valence-corrected chi connectivity index (χ1v) is 14.3. The van der Waals surface area contributed by atoms with E-state index in [4.69, 9.17) is 9.47 Å². The van der Waals surface area contributed by atoms with Crippen LogP contribution in [-0.2, 0) is 10.0 Å². The van der Waals surface area contributed by atoms with Gasteiger partial charge in [-0.1, -0.05) is 6.07 Å². The molecular formula is C27H32FN3O4S. The van der Waals surface area contributed by atoms with Crippen molar-refractivity contribution in [2.75, 3.05) is 43.4 Å². The number of aryl methyl sites for hydroxylation is 1. The molecule has 0 radical (unpaired) electrons. The van der Waals surface area contributed by atoms with Crippen LogP contribution in [0, 0.1) is 18.7 Å².